The van der Waals surface area contributed by atoms with Crippen molar-refractivity contribution in [3.05, 3.63) is 55.2 Å². The van der Waals surface area contributed by atoms with Crippen LogP contribution in [0.3, 0.4) is 0 Å². The highest BCUT2D eigenvalue weighted by Gasteiger charge is 2.22. The molecule has 5 heteroatoms. The van der Waals surface area contributed by atoms with Gasteiger partial charge in [-0.05, 0) is 36.4 Å². The maximum absolute atomic E-state index is 5.51. The van der Waals surface area contributed by atoms with E-state index in [1.165, 1.54) is 0 Å². The van der Waals surface area contributed by atoms with Gasteiger partial charge >= 0.3 is 0 Å². The Kier molecular flexibility index (Phi) is 2.35. The minimum absolute atomic E-state index is 0.672. The van der Waals surface area contributed by atoms with Crippen LogP contribution in [0.15, 0.2) is 68.4 Å². The topological polar surface area (TPSA) is 68.1 Å². The Morgan fingerprint density at radius 2 is 1.35 bits per heavy atom. The second kappa shape index (κ2) is 4.31. The summed E-state index contributed by atoms with van der Waals surface area (Å²) in [6, 6.07) is 11.1. The van der Waals surface area contributed by atoms with Gasteiger partial charge in [-0.15, -0.1) is 0 Å². The fraction of sp³-hybridized carbons (Fsp3) is 0. The van der Waals surface area contributed by atoms with E-state index in [0.717, 1.165) is 11.3 Å². The van der Waals surface area contributed by atoms with E-state index in [1.54, 1.807) is 18.8 Å². The molecule has 4 heterocycles. The lowest BCUT2D eigenvalue weighted by atomic mass is 10.1. The van der Waals surface area contributed by atoms with Gasteiger partial charge < -0.3 is 13.3 Å². The molecule has 1 N–H and O–H groups in total. The molecule has 0 saturated heterocycles. The summed E-state index contributed by atoms with van der Waals surface area (Å²) in [7, 11) is 0. The smallest absolute Gasteiger partial charge is 0.154 e. The second-order valence-corrected chi connectivity index (χ2v) is 4.25. The van der Waals surface area contributed by atoms with Crippen molar-refractivity contribution in [1.29, 1.82) is 0 Å². The molecule has 4 rings (SSSR count). The van der Waals surface area contributed by atoms with Gasteiger partial charge in [0, 0.05) is 0 Å². The minimum atomic E-state index is 0.672. The Labute approximate surface area is 113 Å². The third-order valence-corrected chi connectivity index (χ3v) is 3.06. The molecule has 4 aromatic heterocycles. The quantitative estimate of drug-likeness (QED) is 0.603. The second-order valence-electron chi connectivity index (χ2n) is 4.25. The molecule has 0 atom stereocenters. The Morgan fingerprint density at radius 1 is 0.750 bits per heavy atom. The maximum atomic E-state index is 5.51. The van der Waals surface area contributed by atoms with Crippen molar-refractivity contribution in [1.82, 2.24) is 10.2 Å². The number of hydrogen-bond donors (Lipinski definition) is 1. The van der Waals surface area contributed by atoms with E-state index in [-0.39, 0.29) is 0 Å². The van der Waals surface area contributed by atoms with E-state index in [4.69, 9.17) is 13.3 Å². The predicted molar refractivity (Wildman–Crippen MR) is 71.7 cm³/mol. The summed E-state index contributed by atoms with van der Waals surface area (Å²) >= 11 is 0. The molecule has 0 bridgehead atoms. The first-order valence-electron chi connectivity index (χ1n) is 6.13. The lowest BCUT2D eigenvalue weighted by molar-refractivity contribution is 0.572. The third-order valence-electron chi connectivity index (χ3n) is 3.06. The Balaban J connectivity index is 1.98. The molecule has 0 aliphatic heterocycles. The zero-order chi connectivity index (χ0) is 13.4. The molecule has 0 spiro atoms. The van der Waals surface area contributed by atoms with Gasteiger partial charge in [0.2, 0.25) is 0 Å². The normalized spacial score (nSPS) is 11.0. The van der Waals surface area contributed by atoms with Crippen LogP contribution in [0.2, 0.25) is 0 Å². The molecule has 0 aliphatic carbocycles. The maximum Gasteiger partial charge on any atom is 0.154 e. The van der Waals surface area contributed by atoms with Crippen molar-refractivity contribution in [2.24, 2.45) is 0 Å². The predicted octanol–water partition coefficient (Wildman–Crippen LogP) is 4.19. The van der Waals surface area contributed by atoms with E-state index in [9.17, 15) is 0 Å². The molecular weight excluding hydrogens is 256 g/mol. The zero-order valence-corrected chi connectivity index (χ0v) is 10.4. The summed E-state index contributed by atoms with van der Waals surface area (Å²) in [4.78, 5) is 0. The number of H-pyrrole nitrogens is 1. The van der Waals surface area contributed by atoms with Crippen LogP contribution in [0.25, 0.3) is 34.2 Å². The van der Waals surface area contributed by atoms with Gasteiger partial charge in [0.1, 0.15) is 17.1 Å². The molecule has 20 heavy (non-hydrogen) atoms. The first-order valence-corrected chi connectivity index (χ1v) is 6.13. The van der Waals surface area contributed by atoms with Gasteiger partial charge in [0.15, 0.2) is 11.5 Å². The molecule has 0 amide bonds. The number of aromatic amines is 1. The van der Waals surface area contributed by atoms with E-state index >= 15 is 0 Å². The van der Waals surface area contributed by atoms with Gasteiger partial charge in [-0.1, -0.05) is 0 Å². The van der Waals surface area contributed by atoms with E-state index in [2.05, 4.69) is 10.2 Å². The Morgan fingerprint density at radius 3 is 1.95 bits per heavy atom. The molecule has 0 aliphatic rings. The van der Waals surface area contributed by atoms with E-state index in [0.29, 0.717) is 23.0 Å². The third kappa shape index (κ3) is 1.60. The number of furan rings is 3. The van der Waals surface area contributed by atoms with Crippen LogP contribution in [0.4, 0.5) is 0 Å². The van der Waals surface area contributed by atoms with Crippen molar-refractivity contribution < 1.29 is 13.3 Å². The summed E-state index contributed by atoms with van der Waals surface area (Å²) in [5.74, 6) is 2.07. The van der Waals surface area contributed by atoms with Crippen LogP contribution < -0.4 is 0 Å². The van der Waals surface area contributed by atoms with Crippen molar-refractivity contribution in [3.8, 4) is 34.2 Å². The highest BCUT2D eigenvalue weighted by Crippen LogP contribution is 2.38. The number of aromatic nitrogens is 2. The van der Waals surface area contributed by atoms with Crippen molar-refractivity contribution >= 4 is 0 Å². The van der Waals surface area contributed by atoms with Crippen LogP contribution in [0, 0.1) is 0 Å². The van der Waals surface area contributed by atoms with Crippen LogP contribution in [-0.4, -0.2) is 10.2 Å². The standard InChI is InChI=1S/C15H10N2O3/c1-4-10(18-7-1)13-14(11-5-2-8-19-11)16-17-15(13)12-6-3-9-20-12/h1-9H,(H,16,17). The van der Waals surface area contributed by atoms with Crippen LogP contribution >= 0.6 is 0 Å². The van der Waals surface area contributed by atoms with Gasteiger partial charge in [-0.25, -0.2) is 0 Å². The van der Waals surface area contributed by atoms with Crippen LogP contribution in [0.5, 0.6) is 0 Å². The molecule has 0 unspecified atom stereocenters. The lowest BCUT2D eigenvalue weighted by Gasteiger charge is -1.99. The summed E-state index contributed by atoms with van der Waals surface area (Å²) in [6.45, 7) is 0. The average Bonchev–Trinajstić information content (AvgIpc) is 3.23. The minimum Gasteiger partial charge on any atom is -0.464 e. The number of hydrogen-bond acceptors (Lipinski definition) is 4. The lowest BCUT2D eigenvalue weighted by Crippen LogP contribution is -1.80. The number of nitrogens with one attached hydrogen (secondary N) is 1. The number of nitrogens with zero attached hydrogens (tertiary/aromatic N) is 1. The first kappa shape index (κ1) is 10.9. The number of rotatable bonds is 3. The average molecular weight is 266 g/mol. The van der Waals surface area contributed by atoms with E-state index in [1.807, 2.05) is 36.4 Å². The Bertz CT molecular complexity index is 742. The van der Waals surface area contributed by atoms with Crippen LogP contribution in [-0.2, 0) is 0 Å². The fourth-order valence-corrected chi connectivity index (χ4v) is 2.19. The molecule has 98 valence electrons. The van der Waals surface area contributed by atoms with Gasteiger partial charge in [0.05, 0.1) is 24.4 Å². The highest BCUT2D eigenvalue weighted by atomic mass is 16.3. The molecular formula is C15H10N2O3. The molecule has 5 nitrogen and oxygen atoms in total. The SMILES string of the molecule is c1coc(-c2n[nH]c(-c3ccco3)c2-c2ccco2)c1. The van der Waals surface area contributed by atoms with Gasteiger partial charge in [0.25, 0.3) is 0 Å². The zero-order valence-electron chi connectivity index (χ0n) is 10.4. The molecule has 0 fully saturated rings. The summed E-state index contributed by atoms with van der Waals surface area (Å²) in [6.07, 6.45) is 4.86. The van der Waals surface area contributed by atoms with Crippen LogP contribution in [0.1, 0.15) is 0 Å². The molecule has 0 radical (unpaired) electrons. The van der Waals surface area contributed by atoms with Crippen molar-refractivity contribution in [2.75, 3.05) is 0 Å². The first-order chi connectivity index (χ1) is 9.93. The van der Waals surface area contributed by atoms with E-state index < -0.39 is 0 Å². The molecule has 4 aromatic rings. The fourth-order valence-electron chi connectivity index (χ4n) is 2.19. The highest BCUT2D eigenvalue weighted by molar-refractivity contribution is 5.86. The molecule has 0 saturated carbocycles. The van der Waals surface area contributed by atoms with Crippen molar-refractivity contribution in [2.45, 2.75) is 0 Å². The summed E-state index contributed by atoms with van der Waals surface area (Å²) in [5, 5.41) is 7.32. The van der Waals surface area contributed by atoms with Gasteiger partial charge in [-0.3, -0.25) is 5.10 Å². The summed E-state index contributed by atoms with van der Waals surface area (Å²) < 4.78 is 16.4. The van der Waals surface area contributed by atoms with Gasteiger partial charge in [-0.2, -0.15) is 5.10 Å². The monoisotopic (exact) mass is 266 g/mol. The Hall–Kier alpha value is -2.95. The largest absolute Gasteiger partial charge is 0.464 e. The molecule has 0 aromatic carbocycles. The summed E-state index contributed by atoms with van der Waals surface area (Å²) in [5.41, 5.74) is 2.27. The van der Waals surface area contributed by atoms with Crippen molar-refractivity contribution in [3.63, 3.8) is 0 Å².